The third-order valence-electron chi connectivity index (χ3n) is 3.86. The number of aryl methyl sites for hydroxylation is 1. The van der Waals surface area contributed by atoms with Crippen LogP contribution in [-0.4, -0.2) is 24.0 Å². The van der Waals surface area contributed by atoms with Gasteiger partial charge in [-0.25, -0.2) is 0 Å². The first-order chi connectivity index (χ1) is 8.03. The summed E-state index contributed by atoms with van der Waals surface area (Å²) in [5.74, 6) is 2.15. The Kier molecular flexibility index (Phi) is 3.59. The standard InChI is InChI=1S/C14H24N2O/c1-11-12(9-15-4)8-13(17-11)10-16-7-5-6-14(16,2)3/h8,15H,5-7,9-10H2,1-4H3. The molecule has 3 heteroatoms. The first kappa shape index (κ1) is 12.7. The minimum atomic E-state index is 0.323. The average Bonchev–Trinajstić information content (AvgIpc) is 2.73. The quantitative estimate of drug-likeness (QED) is 0.871. The molecule has 3 nitrogen and oxygen atoms in total. The molecule has 1 aliphatic rings. The van der Waals surface area contributed by atoms with Gasteiger partial charge in [-0.2, -0.15) is 0 Å². The Morgan fingerprint density at radius 3 is 2.82 bits per heavy atom. The zero-order valence-electron chi connectivity index (χ0n) is 11.5. The van der Waals surface area contributed by atoms with Gasteiger partial charge >= 0.3 is 0 Å². The normalized spacial score (nSPS) is 20.0. The van der Waals surface area contributed by atoms with Gasteiger partial charge in [0.25, 0.3) is 0 Å². The van der Waals surface area contributed by atoms with Crippen LogP contribution in [0.1, 0.15) is 43.8 Å². The van der Waals surface area contributed by atoms with Crippen molar-refractivity contribution in [3.63, 3.8) is 0 Å². The summed E-state index contributed by atoms with van der Waals surface area (Å²) >= 11 is 0. The lowest BCUT2D eigenvalue weighted by Crippen LogP contribution is -2.37. The van der Waals surface area contributed by atoms with E-state index in [1.54, 1.807) is 0 Å². The van der Waals surface area contributed by atoms with E-state index >= 15 is 0 Å². The van der Waals surface area contributed by atoms with Gasteiger partial charge in [-0.3, -0.25) is 4.90 Å². The van der Waals surface area contributed by atoms with Crippen molar-refractivity contribution < 1.29 is 4.42 Å². The van der Waals surface area contributed by atoms with Crippen LogP contribution in [-0.2, 0) is 13.1 Å². The molecule has 0 amide bonds. The summed E-state index contributed by atoms with van der Waals surface area (Å²) in [7, 11) is 1.97. The van der Waals surface area contributed by atoms with Crippen molar-refractivity contribution >= 4 is 0 Å². The molecule has 96 valence electrons. The van der Waals surface area contributed by atoms with Gasteiger partial charge in [0.1, 0.15) is 11.5 Å². The summed E-state index contributed by atoms with van der Waals surface area (Å²) in [6.45, 7) is 9.71. The molecule has 2 heterocycles. The monoisotopic (exact) mass is 236 g/mol. The molecule has 2 rings (SSSR count). The number of hydrogen-bond donors (Lipinski definition) is 1. The molecule has 0 bridgehead atoms. The average molecular weight is 236 g/mol. The number of nitrogens with zero attached hydrogens (tertiary/aromatic N) is 1. The van der Waals surface area contributed by atoms with Gasteiger partial charge < -0.3 is 9.73 Å². The van der Waals surface area contributed by atoms with Crippen LogP contribution in [0.2, 0.25) is 0 Å². The maximum Gasteiger partial charge on any atom is 0.118 e. The van der Waals surface area contributed by atoms with Crippen LogP contribution >= 0.6 is 0 Å². The van der Waals surface area contributed by atoms with Gasteiger partial charge in [-0.15, -0.1) is 0 Å². The summed E-state index contributed by atoms with van der Waals surface area (Å²) in [4.78, 5) is 2.52. The summed E-state index contributed by atoms with van der Waals surface area (Å²) in [6, 6.07) is 2.19. The topological polar surface area (TPSA) is 28.4 Å². The first-order valence-electron chi connectivity index (χ1n) is 6.51. The van der Waals surface area contributed by atoms with Crippen LogP contribution in [0, 0.1) is 6.92 Å². The van der Waals surface area contributed by atoms with Crippen LogP contribution in [0.4, 0.5) is 0 Å². The summed E-state index contributed by atoms with van der Waals surface area (Å²) in [5, 5.41) is 3.17. The Labute approximate surface area is 104 Å². The molecule has 0 aromatic carbocycles. The van der Waals surface area contributed by atoms with Crippen molar-refractivity contribution in [1.29, 1.82) is 0 Å². The highest BCUT2D eigenvalue weighted by Crippen LogP contribution is 2.30. The molecule has 0 spiro atoms. The SMILES string of the molecule is CNCc1cc(CN2CCCC2(C)C)oc1C. The van der Waals surface area contributed by atoms with Gasteiger partial charge in [0, 0.05) is 17.6 Å². The van der Waals surface area contributed by atoms with Crippen LogP contribution in [0.3, 0.4) is 0 Å². The van der Waals surface area contributed by atoms with E-state index in [2.05, 4.69) is 30.1 Å². The molecule has 1 aromatic rings. The summed E-state index contributed by atoms with van der Waals surface area (Å²) < 4.78 is 5.84. The summed E-state index contributed by atoms with van der Waals surface area (Å²) in [6.07, 6.45) is 2.59. The minimum Gasteiger partial charge on any atom is -0.465 e. The highest BCUT2D eigenvalue weighted by molar-refractivity contribution is 5.20. The lowest BCUT2D eigenvalue weighted by atomic mass is 10.0. The van der Waals surface area contributed by atoms with Crippen molar-refractivity contribution in [3.8, 4) is 0 Å². The molecule has 0 radical (unpaired) electrons. The Morgan fingerprint density at radius 1 is 1.47 bits per heavy atom. The predicted octanol–water partition coefficient (Wildman–Crippen LogP) is 2.68. The van der Waals surface area contributed by atoms with Crippen molar-refractivity contribution in [3.05, 3.63) is 23.2 Å². The number of likely N-dealkylation sites (tertiary alicyclic amines) is 1. The number of nitrogens with one attached hydrogen (secondary N) is 1. The molecule has 17 heavy (non-hydrogen) atoms. The van der Waals surface area contributed by atoms with E-state index in [0.717, 1.165) is 24.6 Å². The highest BCUT2D eigenvalue weighted by Gasteiger charge is 2.32. The maximum atomic E-state index is 5.84. The van der Waals surface area contributed by atoms with Crippen molar-refractivity contribution in [2.24, 2.45) is 0 Å². The molecule has 1 aliphatic heterocycles. The Hall–Kier alpha value is -0.800. The Bertz CT molecular complexity index is 382. The zero-order chi connectivity index (χ0) is 12.5. The fourth-order valence-electron chi connectivity index (χ4n) is 2.68. The maximum absolute atomic E-state index is 5.84. The smallest absolute Gasteiger partial charge is 0.118 e. The lowest BCUT2D eigenvalue weighted by Gasteiger charge is -2.30. The van der Waals surface area contributed by atoms with Gasteiger partial charge in [-0.1, -0.05) is 0 Å². The van der Waals surface area contributed by atoms with Crippen LogP contribution in [0.5, 0.6) is 0 Å². The second kappa shape index (κ2) is 4.83. The second-order valence-corrected chi connectivity index (χ2v) is 5.66. The van der Waals surface area contributed by atoms with Crippen molar-refractivity contribution in [1.82, 2.24) is 10.2 Å². The molecule has 0 unspecified atom stereocenters. The third kappa shape index (κ3) is 2.72. The van der Waals surface area contributed by atoms with E-state index < -0.39 is 0 Å². The van der Waals surface area contributed by atoms with Crippen LogP contribution in [0.25, 0.3) is 0 Å². The zero-order valence-corrected chi connectivity index (χ0v) is 11.5. The predicted molar refractivity (Wildman–Crippen MR) is 69.9 cm³/mol. The first-order valence-corrected chi connectivity index (χ1v) is 6.51. The number of hydrogen-bond acceptors (Lipinski definition) is 3. The third-order valence-corrected chi connectivity index (χ3v) is 3.86. The molecule has 1 N–H and O–H groups in total. The largest absolute Gasteiger partial charge is 0.465 e. The molecule has 0 aliphatic carbocycles. The van der Waals surface area contributed by atoms with Gasteiger partial charge in [-0.05, 0) is 53.3 Å². The van der Waals surface area contributed by atoms with E-state index in [-0.39, 0.29) is 0 Å². The van der Waals surface area contributed by atoms with E-state index in [0.29, 0.717) is 5.54 Å². The molecule has 1 fully saturated rings. The van der Waals surface area contributed by atoms with Crippen molar-refractivity contribution in [2.45, 2.75) is 52.2 Å². The highest BCUT2D eigenvalue weighted by atomic mass is 16.3. The van der Waals surface area contributed by atoms with Gasteiger partial charge in [0.05, 0.1) is 6.54 Å². The fraction of sp³-hybridized carbons (Fsp3) is 0.714. The van der Waals surface area contributed by atoms with Gasteiger partial charge in [0.15, 0.2) is 0 Å². The fourth-order valence-corrected chi connectivity index (χ4v) is 2.68. The van der Waals surface area contributed by atoms with Crippen LogP contribution < -0.4 is 5.32 Å². The molecular formula is C14H24N2O. The number of furan rings is 1. The van der Waals surface area contributed by atoms with E-state index in [1.165, 1.54) is 24.9 Å². The lowest BCUT2D eigenvalue weighted by molar-refractivity contribution is 0.154. The number of rotatable bonds is 4. The molecule has 0 saturated carbocycles. The minimum absolute atomic E-state index is 0.323. The van der Waals surface area contributed by atoms with Gasteiger partial charge in [0.2, 0.25) is 0 Å². The second-order valence-electron chi connectivity index (χ2n) is 5.66. The molecule has 0 atom stereocenters. The molecule has 1 saturated heterocycles. The van der Waals surface area contributed by atoms with Crippen molar-refractivity contribution in [2.75, 3.05) is 13.6 Å². The van der Waals surface area contributed by atoms with E-state index in [4.69, 9.17) is 4.42 Å². The van der Waals surface area contributed by atoms with E-state index in [9.17, 15) is 0 Å². The molecule has 1 aromatic heterocycles. The Balaban J connectivity index is 2.06. The van der Waals surface area contributed by atoms with E-state index in [1.807, 2.05) is 14.0 Å². The summed E-state index contributed by atoms with van der Waals surface area (Å²) in [5.41, 5.74) is 1.60. The Morgan fingerprint density at radius 2 is 2.24 bits per heavy atom. The van der Waals surface area contributed by atoms with Crippen LogP contribution in [0.15, 0.2) is 10.5 Å². The molecular weight excluding hydrogens is 212 g/mol.